The number of anilines is 1. The number of aryl methyl sites for hydroxylation is 1. The van der Waals surface area contributed by atoms with Crippen LogP contribution in [-0.4, -0.2) is 47.4 Å². The van der Waals surface area contributed by atoms with Crippen molar-refractivity contribution in [1.82, 2.24) is 15.3 Å². The molecule has 11 heteroatoms. The van der Waals surface area contributed by atoms with Gasteiger partial charge in [-0.25, -0.2) is 9.97 Å². The lowest BCUT2D eigenvalue weighted by Gasteiger charge is -2.16. The zero-order valence-electron chi connectivity index (χ0n) is 14.9. The van der Waals surface area contributed by atoms with E-state index in [0.29, 0.717) is 21.8 Å². The Balaban J connectivity index is 1.69. The van der Waals surface area contributed by atoms with Crippen molar-refractivity contribution in [3.8, 4) is 5.75 Å². The molecule has 0 radical (unpaired) electrons. The van der Waals surface area contributed by atoms with Crippen LogP contribution < -0.4 is 15.4 Å². The fourth-order valence-electron chi connectivity index (χ4n) is 2.24. The van der Waals surface area contributed by atoms with Gasteiger partial charge in [0.1, 0.15) is 24.2 Å². The normalized spacial score (nSPS) is 12.7. The molecule has 0 saturated carbocycles. The van der Waals surface area contributed by atoms with E-state index >= 15 is 0 Å². The van der Waals surface area contributed by atoms with Crippen LogP contribution in [0, 0.1) is 6.92 Å². The Labute approximate surface area is 173 Å². The first-order valence-corrected chi connectivity index (χ1v) is 9.45. The lowest BCUT2D eigenvalue weighted by atomic mass is 10.2. The highest BCUT2D eigenvalue weighted by atomic mass is 79.9. The Hall–Kier alpha value is -1.62. The van der Waals surface area contributed by atoms with Crippen LogP contribution in [0.4, 0.5) is 19.1 Å². The molecule has 28 heavy (non-hydrogen) atoms. The highest BCUT2D eigenvalue weighted by molar-refractivity contribution is 9.10. The smallest absolute Gasteiger partial charge is 0.433 e. The molecule has 0 amide bonds. The molecule has 0 aliphatic heterocycles. The Bertz CT molecular complexity index is 772. The van der Waals surface area contributed by atoms with E-state index < -0.39 is 18.0 Å². The van der Waals surface area contributed by atoms with Crippen molar-refractivity contribution in [2.24, 2.45) is 0 Å². The summed E-state index contributed by atoms with van der Waals surface area (Å²) in [5.41, 5.74) is -0.168. The summed E-state index contributed by atoms with van der Waals surface area (Å²) in [4.78, 5) is 7.14. The number of ether oxygens (including phenoxy) is 1. The Kier molecular flexibility index (Phi) is 8.29. The fraction of sp³-hybridized carbons (Fsp3) is 0.412. The van der Waals surface area contributed by atoms with Gasteiger partial charge in [0, 0.05) is 30.9 Å². The maximum absolute atomic E-state index is 12.6. The molecule has 2 rings (SSSR count). The molecule has 0 bridgehead atoms. The van der Waals surface area contributed by atoms with Crippen molar-refractivity contribution in [3.05, 3.63) is 45.1 Å². The number of hydrogen-bond donors (Lipinski definition) is 3. The Morgan fingerprint density at radius 2 is 2.07 bits per heavy atom. The Morgan fingerprint density at radius 1 is 1.32 bits per heavy atom. The number of hydrogen-bond acceptors (Lipinski definition) is 6. The number of aromatic nitrogens is 2. The maximum Gasteiger partial charge on any atom is 0.433 e. The number of aliphatic hydroxyl groups is 1. The second-order valence-corrected chi connectivity index (χ2v) is 7.18. The third-order valence-electron chi connectivity index (χ3n) is 3.53. The van der Waals surface area contributed by atoms with Crippen molar-refractivity contribution in [2.75, 3.05) is 31.6 Å². The zero-order chi connectivity index (χ0) is 20.7. The van der Waals surface area contributed by atoms with Crippen molar-refractivity contribution in [2.45, 2.75) is 19.2 Å². The van der Waals surface area contributed by atoms with Crippen molar-refractivity contribution >= 4 is 33.5 Å². The summed E-state index contributed by atoms with van der Waals surface area (Å²) in [6, 6.07) is 4.27. The quantitative estimate of drug-likeness (QED) is 0.473. The summed E-state index contributed by atoms with van der Waals surface area (Å²) < 4.78 is 44.1. The van der Waals surface area contributed by atoms with E-state index in [1.165, 1.54) is 0 Å². The van der Waals surface area contributed by atoms with Crippen LogP contribution in [0.2, 0.25) is 5.02 Å². The first-order valence-electron chi connectivity index (χ1n) is 8.28. The summed E-state index contributed by atoms with van der Waals surface area (Å²) in [7, 11) is 0. The predicted molar refractivity (Wildman–Crippen MR) is 104 cm³/mol. The molecule has 1 aromatic carbocycles. The molecule has 0 saturated heterocycles. The summed E-state index contributed by atoms with van der Waals surface area (Å²) >= 11 is 9.31. The second kappa shape index (κ2) is 10.2. The monoisotopic (exact) mass is 482 g/mol. The number of halogens is 5. The molecular weight excluding hydrogens is 465 g/mol. The van der Waals surface area contributed by atoms with Gasteiger partial charge < -0.3 is 20.5 Å². The highest BCUT2D eigenvalue weighted by Crippen LogP contribution is 2.32. The minimum Gasteiger partial charge on any atom is -0.489 e. The molecule has 0 aliphatic carbocycles. The van der Waals surface area contributed by atoms with Crippen LogP contribution in [0.1, 0.15) is 11.3 Å². The molecule has 0 fully saturated rings. The highest BCUT2D eigenvalue weighted by Gasteiger charge is 2.32. The molecule has 0 aliphatic rings. The van der Waals surface area contributed by atoms with Gasteiger partial charge in [0.15, 0.2) is 0 Å². The van der Waals surface area contributed by atoms with Gasteiger partial charge in [-0.05, 0) is 46.6 Å². The molecular formula is C17H19BrClF3N4O2. The summed E-state index contributed by atoms with van der Waals surface area (Å²) in [6.07, 6.45) is -4.24. The molecule has 1 aromatic heterocycles. The van der Waals surface area contributed by atoms with Crippen molar-refractivity contribution < 1.29 is 23.0 Å². The van der Waals surface area contributed by atoms with Gasteiger partial charge in [0.25, 0.3) is 0 Å². The summed E-state index contributed by atoms with van der Waals surface area (Å²) in [5, 5.41) is 16.2. The number of rotatable bonds is 9. The first-order chi connectivity index (χ1) is 13.2. The number of nitrogens with zero attached hydrogens (tertiary/aromatic N) is 2. The lowest BCUT2D eigenvalue weighted by molar-refractivity contribution is -0.141. The van der Waals surface area contributed by atoms with Gasteiger partial charge in [-0.15, -0.1) is 0 Å². The van der Waals surface area contributed by atoms with Gasteiger partial charge in [0.2, 0.25) is 5.95 Å². The van der Waals surface area contributed by atoms with Gasteiger partial charge in [0.05, 0.1) is 4.47 Å². The van der Waals surface area contributed by atoms with E-state index in [-0.39, 0.29) is 25.6 Å². The fourth-order valence-corrected chi connectivity index (χ4v) is 3.32. The van der Waals surface area contributed by atoms with Crippen LogP contribution in [-0.2, 0) is 6.18 Å². The SMILES string of the molecule is Cc1cc(Cl)cc(Br)c1OC[C@@H](O)CNCCNc1nccc(C(F)(F)F)n1. The summed E-state index contributed by atoms with van der Waals surface area (Å²) in [5.74, 6) is 0.496. The van der Waals surface area contributed by atoms with Crippen LogP contribution in [0.25, 0.3) is 0 Å². The van der Waals surface area contributed by atoms with Crippen molar-refractivity contribution in [3.63, 3.8) is 0 Å². The molecule has 0 spiro atoms. The van der Waals surface area contributed by atoms with Crippen LogP contribution in [0.15, 0.2) is 28.9 Å². The number of benzene rings is 1. The average molecular weight is 484 g/mol. The molecule has 0 unspecified atom stereocenters. The van der Waals surface area contributed by atoms with E-state index in [1.807, 2.05) is 6.92 Å². The van der Waals surface area contributed by atoms with Crippen molar-refractivity contribution in [1.29, 1.82) is 0 Å². The largest absolute Gasteiger partial charge is 0.489 e. The molecule has 1 heterocycles. The summed E-state index contributed by atoms with van der Waals surface area (Å²) in [6.45, 7) is 2.84. The first kappa shape index (κ1) is 22.7. The van der Waals surface area contributed by atoms with Gasteiger partial charge in [-0.3, -0.25) is 0 Å². The van der Waals surface area contributed by atoms with Crippen LogP contribution in [0.5, 0.6) is 5.75 Å². The van der Waals surface area contributed by atoms with Gasteiger partial charge in [-0.2, -0.15) is 13.2 Å². The van der Waals surface area contributed by atoms with Gasteiger partial charge >= 0.3 is 6.18 Å². The Morgan fingerprint density at radius 3 is 2.75 bits per heavy atom. The van der Waals surface area contributed by atoms with Crippen LogP contribution >= 0.6 is 27.5 Å². The average Bonchev–Trinajstić information content (AvgIpc) is 2.60. The van der Waals surface area contributed by atoms with E-state index in [4.69, 9.17) is 16.3 Å². The van der Waals surface area contributed by atoms with E-state index in [1.54, 1.807) is 12.1 Å². The van der Waals surface area contributed by atoms with Crippen LogP contribution in [0.3, 0.4) is 0 Å². The minimum atomic E-state index is -4.51. The zero-order valence-corrected chi connectivity index (χ0v) is 17.2. The lowest BCUT2D eigenvalue weighted by Crippen LogP contribution is -2.34. The molecule has 6 nitrogen and oxygen atoms in total. The molecule has 2 aromatic rings. The number of alkyl halides is 3. The van der Waals surface area contributed by atoms with E-state index in [0.717, 1.165) is 17.8 Å². The third kappa shape index (κ3) is 7.08. The number of aliphatic hydroxyl groups excluding tert-OH is 1. The number of nitrogens with one attached hydrogen (secondary N) is 2. The van der Waals surface area contributed by atoms with E-state index in [2.05, 4.69) is 36.5 Å². The molecule has 1 atom stereocenters. The van der Waals surface area contributed by atoms with Gasteiger partial charge in [-0.1, -0.05) is 11.6 Å². The minimum absolute atomic E-state index is 0.0677. The second-order valence-electron chi connectivity index (χ2n) is 5.89. The maximum atomic E-state index is 12.6. The molecule has 3 N–H and O–H groups in total. The topological polar surface area (TPSA) is 79.3 Å². The third-order valence-corrected chi connectivity index (χ3v) is 4.33. The van der Waals surface area contributed by atoms with E-state index in [9.17, 15) is 18.3 Å². The predicted octanol–water partition coefficient (Wildman–Crippen LogP) is 3.66. The molecule has 154 valence electrons. The standard InChI is InChI=1S/C17H19BrClF3N4O2/c1-10-6-11(19)7-13(18)15(10)28-9-12(27)8-23-4-5-25-16-24-3-2-14(26-16)17(20,21)22/h2-3,6-7,12,23,27H,4-5,8-9H2,1H3,(H,24,25,26)/t12-/m0/s1.